The number of anilines is 2. The maximum atomic E-state index is 5.89. The molecule has 0 spiro atoms. The lowest BCUT2D eigenvalue weighted by Gasteiger charge is -2.08. The Morgan fingerprint density at radius 1 is 1.33 bits per heavy atom. The lowest BCUT2D eigenvalue weighted by molar-refractivity contribution is 1.18. The summed E-state index contributed by atoms with van der Waals surface area (Å²) in [6.07, 6.45) is 3.12. The number of nitrogens with one attached hydrogen (secondary N) is 1. The van der Waals surface area contributed by atoms with Crippen LogP contribution < -0.4 is 11.1 Å². The Kier molecular flexibility index (Phi) is 4.31. The topological polar surface area (TPSA) is 63.8 Å². The largest absolute Gasteiger partial charge is 0.388 e. The number of hydrogen-bond acceptors (Lipinski definition) is 4. The molecule has 0 atom stereocenters. The molecule has 3 N–H and O–H groups in total. The summed E-state index contributed by atoms with van der Waals surface area (Å²) < 4.78 is 1.00. The molecule has 0 radical (unpaired) electrons. The lowest BCUT2D eigenvalue weighted by atomic mass is 10.3. The van der Waals surface area contributed by atoms with E-state index < -0.39 is 0 Å². The first-order chi connectivity index (χ1) is 8.56. The molecule has 7 heteroatoms. The van der Waals surface area contributed by atoms with E-state index in [-0.39, 0.29) is 4.99 Å². The van der Waals surface area contributed by atoms with Crippen molar-refractivity contribution in [3.05, 3.63) is 44.9 Å². The third-order valence-corrected chi connectivity index (χ3v) is 3.43. The number of hydrogen-bond donors (Lipinski definition) is 2. The molecule has 0 aliphatic carbocycles. The molecule has 18 heavy (non-hydrogen) atoms. The smallest absolute Gasteiger partial charge is 0.148 e. The number of rotatable bonds is 3. The number of nitrogens with zero attached hydrogens (tertiary/aromatic N) is 2. The molecule has 1 heterocycles. The van der Waals surface area contributed by atoms with Crippen LogP contribution in [0.25, 0.3) is 0 Å². The number of nitrogens with two attached hydrogens (primary N) is 1. The van der Waals surface area contributed by atoms with Crippen LogP contribution in [0.3, 0.4) is 0 Å². The van der Waals surface area contributed by atoms with Gasteiger partial charge in [0.2, 0.25) is 0 Å². The van der Waals surface area contributed by atoms with Crippen molar-refractivity contribution in [3.63, 3.8) is 0 Å². The van der Waals surface area contributed by atoms with Gasteiger partial charge in [-0.05, 0) is 40.8 Å². The second kappa shape index (κ2) is 5.77. The average Bonchev–Trinajstić information content (AvgIpc) is 2.33. The van der Waals surface area contributed by atoms with Crippen LogP contribution >= 0.6 is 46.4 Å². The molecule has 2 aromatic rings. The monoisotopic (exact) mass is 390 g/mol. The normalized spacial score (nSPS) is 10.1. The summed E-state index contributed by atoms with van der Waals surface area (Å²) in [6.45, 7) is 0. The van der Waals surface area contributed by atoms with Crippen LogP contribution in [0, 0.1) is 3.57 Å². The summed E-state index contributed by atoms with van der Waals surface area (Å²) in [6, 6.07) is 5.55. The Morgan fingerprint density at radius 3 is 2.67 bits per heavy atom. The predicted molar refractivity (Wildman–Crippen MR) is 85.4 cm³/mol. The molecular formula is C11H8ClIN4S. The number of halogens is 2. The van der Waals surface area contributed by atoms with Crippen LogP contribution in [0.5, 0.6) is 0 Å². The molecule has 2 rings (SSSR count). The summed E-state index contributed by atoms with van der Waals surface area (Å²) >= 11 is 12.9. The van der Waals surface area contributed by atoms with E-state index >= 15 is 0 Å². The highest BCUT2D eigenvalue weighted by atomic mass is 127. The van der Waals surface area contributed by atoms with Gasteiger partial charge in [0.15, 0.2) is 0 Å². The van der Waals surface area contributed by atoms with Crippen LogP contribution in [-0.4, -0.2) is 15.0 Å². The zero-order chi connectivity index (χ0) is 13.1. The van der Waals surface area contributed by atoms with Gasteiger partial charge in [-0.3, -0.25) is 0 Å². The molecule has 0 bridgehead atoms. The van der Waals surface area contributed by atoms with Gasteiger partial charge in [0.1, 0.15) is 16.5 Å². The minimum absolute atomic E-state index is 0.232. The minimum atomic E-state index is 0.232. The van der Waals surface area contributed by atoms with Crippen molar-refractivity contribution in [2.45, 2.75) is 0 Å². The second-order valence-electron chi connectivity index (χ2n) is 3.40. The molecule has 0 amide bonds. The molecule has 0 saturated heterocycles. The van der Waals surface area contributed by atoms with E-state index in [0.717, 1.165) is 9.26 Å². The van der Waals surface area contributed by atoms with Gasteiger partial charge in [-0.25, -0.2) is 9.97 Å². The fourth-order valence-electron chi connectivity index (χ4n) is 1.25. The fourth-order valence-corrected chi connectivity index (χ4v) is 2.36. The van der Waals surface area contributed by atoms with Crippen LogP contribution in [0.4, 0.5) is 11.5 Å². The Labute approximate surface area is 128 Å². The van der Waals surface area contributed by atoms with E-state index in [0.29, 0.717) is 16.5 Å². The highest BCUT2D eigenvalue weighted by Crippen LogP contribution is 2.24. The van der Waals surface area contributed by atoms with Crippen molar-refractivity contribution in [1.29, 1.82) is 0 Å². The van der Waals surface area contributed by atoms with Crippen molar-refractivity contribution in [3.8, 4) is 0 Å². The first kappa shape index (κ1) is 13.4. The third-order valence-electron chi connectivity index (χ3n) is 2.10. The van der Waals surface area contributed by atoms with E-state index in [9.17, 15) is 0 Å². The van der Waals surface area contributed by atoms with Crippen molar-refractivity contribution in [2.75, 3.05) is 5.32 Å². The molecule has 0 saturated carbocycles. The first-order valence-corrected chi connectivity index (χ1v) is 6.76. The Bertz CT molecular complexity index is 588. The van der Waals surface area contributed by atoms with Crippen LogP contribution in [0.1, 0.15) is 5.69 Å². The highest BCUT2D eigenvalue weighted by Gasteiger charge is 2.03. The standard InChI is InChI=1S/C11H8ClIN4S/c12-6-1-2-8(7(13)3-6)17-10-5-15-9(4-16-10)11(14)18/h1-5H,(H2,14,18)(H,16,17). The summed E-state index contributed by atoms with van der Waals surface area (Å²) in [4.78, 5) is 8.51. The summed E-state index contributed by atoms with van der Waals surface area (Å²) in [5, 5.41) is 3.84. The molecule has 0 aliphatic rings. The van der Waals surface area contributed by atoms with Crippen LogP contribution in [0.2, 0.25) is 5.02 Å². The summed E-state index contributed by atoms with van der Waals surface area (Å²) in [5.74, 6) is 0.621. The Hall–Kier alpha value is -0.990. The Morgan fingerprint density at radius 2 is 2.11 bits per heavy atom. The second-order valence-corrected chi connectivity index (χ2v) is 5.44. The zero-order valence-electron chi connectivity index (χ0n) is 9.02. The van der Waals surface area contributed by atoms with E-state index in [1.54, 1.807) is 6.20 Å². The SMILES string of the molecule is NC(=S)c1cnc(Nc2ccc(Cl)cc2I)cn1. The molecule has 4 nitrogen and oxygen atoms in total. The maximum absolute atomic E-state index is 5.89. The van der Waals surface area contributed by atoms with Gasteiger partial charge in [-0.1, -0.05) is 23.8 Å². The molecule has 0 fully saturated rings. The minimum Gasteiger partial charge on any atom is -0.388 e. The van der Waals surface area contributed by atoms with Crippen LogP contribution in [0.15, 0.2) is 30.6 Å². The lowest BCUT2D eigenvalue weighted by Crippen LogP contribution is -2.12. The predicted octanol–water partition coefficient (Wildman–Crippen LogP) is 3.11. The van der Waals surface area contributed by atoms with Gasteiger partial charge < -0.3 is 11.1 Å². The molecule has 0 unspecified atom stereocenters. The third kappa shape index (κ3) is 3.27. The van der Waals surface area contributed by atoms with Gasteiger partial charge in [-0.15, -0.1) is 0 Å². The molecule has 1 aromatic heterocycles. The number of aromatic nitrogens is 2. The number of benzene rings is 1. The molecule has 0 aliphatic heterocycles. The van der Waals surface area contributed by atoms with Crippen molar-refractivity contribution >= 4 is 62.9 Å². The molecule has 92 valence electrons. The summed E-state index contributed by atoms with van der Waals surface area (Å²) in [7, 11) is 0. The van der Waals surface area contributed by atoms with Gasteiger partial charge in [-0.2, -0.15) is 0 Å². The van der Waals surface area contributed by atoms with Gasteiger partial charge in [0.25, 0.3) is 0 Å². The average molecular weight is 391 g/mol. The quantitative estimate of drug-likeness (QED) is 0.623. The first-order valence-electron chi connectivity index (χ1n) is 4.90. The Balaban J connectivity index is 2.21. The van der Waals surface area contributed by atoms with E-state index in [1.807, 2.05) is 18.2 Å². The highest BCUT2D eigenvalue weighted by molar-refractivity contribution is 14.1. The van der Waals surface area contributed by atoms with Crippen molar-refractivity contribution < 1.29 is 0 Å². The van der Waals surface area contributed by atoms with Crippen LogP contribution in [-0.2, 0) is 0 Å². The van der Waals surface area contributed by atoms with Gasteiger partial charge in [0.05, 0.1) is 18.1 Å². The van der Waals surface area contributed by atoms with Crippen molar-refractivity contribution in [1.82, 2.24) is 9.97 Å². The molecule has 1 aromatic carbocycles. The van der Waals surface area contributed by atoms with Gasteiger partial charge in [0, 0.05) is 8.59 Å². The number of thiocarbonyl (C=S) groups is 1. The summed E-state index contributed by atoms with van der Waals surface area (Å²) in [5.41, 5.74) is 6.87. The van der Waals surface area contributed by atoms with E-state index in [2.05, 4.69) is 37.9 Å². The van der Waals surface area contributed by atoms with E-state index in [4.69, 9.17) is 29.6 Å². The molecular weight excluding hydrogens is 383 g/mol. The van der Waals surface area contributed by atoms with Crippen molar-refractivity contribution in [2.24, 2.45) is 5.73 Å². The van der Waals surface area contributed by atoms with E-state index in [1.165, 1.54) is 6.20 Å². The fraction of sp³-hybridized carbons (Fsp3) is 0. The zero-order valence-corrected chi connectivity index (χ0v) is 12.8. The maximum Gasteiger partial charge on any atom is 0.148 e. The van der Waals surface area contributed by atoms with Gasteiger partial charge >= 0.3 is 0 Å².